The van der Waals surface area contributed by atoms with Gasteiger partial charge in [-0.2, -0.15) is 0 Å². The zero-order valence-electron chi connectivity index (χ0n) is 13.5. The molecule has 0 heterocycles. The summed E-state index contributed by atoms with van der Waals surface area (Å²) in [7, 11) is 2.05. The molecular formula is C16H33NO2. The van der Waals surface area contributed by atoms with E-state index < -0.39 is 0 Å². The summed E-state index contributed by atoms with van der Waals surface area (Å²) in [6, 6.07) is 0.505. The van der Waals surface area contributed by atoms with Crippen molar-refractivity contribution in [2.45, 2.75) is 65.5 Å². The van der Waals surface area contributed by atoms with Gasteiger partial charge >= 0.3 is 0 Å². The fraction of sp³-hybridized carbons (Fsp3) is 1.00. The molecule has 1 aliphatic rings. The first kappa shape index (κ1) is 16.9. The molecule has 0 spiro atoms. The molecule has 1 fully saturated rings. The van der Waals surface area contributed by atoms with E-state index in [4.69, 9.17) is 9.47 Å². The predicted octanol–water partition coefficient (Wildman–Crippen LogP) is 3.23. The van der Waals surface area contributed by atoms with E-state index >= 15 is 0 Å². The van der Waals surface area contributed by atoms with Crippen LogP contribution >= 0.6 is 0 Å². The monoisotopic (exact) mass is 271 g/mol. The minimum Gasteiger partial charge on any atom is -0.379 e. The number of hydrogen-bond acceptors (Lipinski definition) is 3. The van der Waals surface area contributed by atoms with Crippen LogP contribution in [0, 0.1) is 11.3 Å². The molecule has 0 bridgehead atoms. The Morgan fingerprint density at radius 1 is 1.16 bits per heavy atom. The lowest BCUT2D eigenvalue weighted by atomic mass is 9.68. The smallest absolute Gasteiger partial charge is 0.0731 e. The summed E-state index contributed by atoms with van der Waals surface area (Å²) < 4.78 is 11.4. The number of likely N-dealkylation sites (N-methyl/N-ethyl adjacent to an activating group) is 1. The van der Waals surface area contributed by atoms with Crippen molar-refractivity contribution in [3.05, 3.63) is 0 Å². The number of ether oxygens (including phenoxy) is 2. The molecule has 3 nitrogen and oxygen atoms in total. The fourth-order valence-corrected chi connectivity index (χ4v) is 3.04. The Labute approximate surface area is 119 Å². The van der Waals surface area contributed by atoms with E-state index in [1.165, 1.54) is 25.7 Å². The van der Waals surface area contributed by atoms with E-state index in [9.17, 15) is 0 Å². The maximum Gasteiger partial charge on any atom is 0.0731 e. The normalized spacial score (nSPS) is 28.6. The molecule has 3 atom stereocenters. The maximum absolute atomic E-state index is 6.07. The van der Waals surface area contributed by atoms with E-state index in [-0.39, 0.29) is 0 Å². The molecule has 1 N–H and O–H groups in total. The van der Waals surface area contributed by atoms with Gasteiger partial charge in [0.1, 0.15) is 0 Å². The summed E-state index contributed by atoms with van der Waals surface area (Å²) in [4.78, 5) is 0. The number of rotatable bonds is 8. The first-order valence-electron chi connectivity index (χ1n) is 7.91. The van der Waals surface area contributed by atoms with Crippen LogP contribution in [-0.4, -0.2) is 39.0 Å². The highest BCUT2D eigenvalue weighted by Gasteiger charge is 2.37. The Balaban J connectivity index is 2.49. The third-order valence-electron chi connectivity index (χ3n) is 4.94. The highest BCUT2D eigenvalue weighted by Crippen LogP contribution is 2.41. The lowest BCUT2D eigenvalue weighted by Crippen LogP contribution is -2.46. The summed E-state index contributed by atoms with van der Waals surface area (Å²) in [6.07, 6.45) is 5.31. The van der Waals surface area contributed by atoms with Crippen LogP contribution in [0.1, 0.15) is 53.4 Å². The van der Waals surface area contributed by atoms with Gasteiger partial charge in [-0.3, -0.25) is 0 Å². The Morgan fingerprint density at radius 2 is 1.89 bits per heavy atom. The van der Waals surface area contributed by atoms with Crippen LogP contribution in [0.3, 0.4) is 0 Å². The summed E-state index contributed by atoms with van der Waals surface area (Å²) in [6.45, 7) is 11.3. The minimum atomic E-state index is 0.343. The van der Waals surface area contributed by atoms with Crippen molar-refractivity contribution < 1.29 is 9.47 Å². The average molecular weight is 271 g/mol. The molecule has 19 heavy (non-hydrogen) atoms. The Morgan fingerprint density at radius 3 is 2.47 bits per heavy atom. The van der Waals surface area contributed by atoms with Crippen LogP contribution in [-0.2, 0) is 9.47 Å². The van der Waals surface area contributed by atoms with Crippen molar-refractivity contribution in [2.75, 3.05) is 26.9 Å². The lowest BCUT2D eigenvalue weighted by Gasteiger charge is -2.42. The third-order valence-corrected chi connectivity index (χ3v) is 4.94. The first-order valence-corrected chi connectivity index (χ1v) is 7.91. The number of nitrogens with one attached hydrogen (secondary N) is 1. The van der Waals surface area contributed by atoms with Crippen molar-refractivity contribution >= 4 is 0 Å². The van der Waals surface area contributed by atoms with E-state index in [1.54, 1.807) is 0 Å². The van der Waals surface area contributed by atoms with Crippen LogP contribution < -0.4 is 5.32 Å². The zero-order chi connectivity index (χ0) is 14.3. The van der Waals surface area contributed by atoms with Gasteiger partial charge in [0.15, 0.2) is 0 Å². The fourth-order valence-electron chi connectivity index (χ4n) is 3.04. The van der Waals surface area contributed by atoms with Crippen molar-refractivity contribution in [2.24, 2.45) is 11.3 Å². The Hall–Kier alpha value is -0.120. The average Bonchev–Trinajstić information content (AvgIpc) is 2.43. The Kier molecular flexibility index (Phi) is 7.33. The molecule has 0 aliphatic heterocycles. The topological polar surface area (TPSA) is 30.5 Å². The third kappa shape index (κ3) is 5.05. The molecule has 1 rings (SSSR count). The zero-order valence-corrected chi connectivity index (χ0v) is 13.5. The Bertz CT molecular complexity index is 243. The molecule has 0 aromatic carbocycles. The van der Waals surface area contributed by atoms with Gasteiger partial charge in [0.2, 0.25) is 0 Å². The van der Waals surface area contributed by atoms with Crippen molar-refractivity contribution in [1.82, 2.24) is 5.32 Å². The van der Waals surface area contributed by atoms with Gasteiger partial charge in [-0.05, 0) is 44.6 Å². The molecule has 1 aliphatic carbocycles. The van der Waals surface area contributed by atoms with E-state index in [1.807, 2.05) is 6.92 Å². The first-order chi connectivity index (χ1) is 9.05. The molecule has 3 heteroatoms. The van der Waals surface area contributed by atoms with Crippen LogP contribution in [0.4, 0.5) is 0 Å². The van der Waals surface area contributed by atoms with E-state index in [2.05, 4.69) is 33.1 Å². The van der Waals surface area contributed by atoms with Crippen LogP contribution in [0.25, 0.3) is 0 Å². The summed E-state index contributed by atoms with van der Waals surface area (Å²) in [5, 5.41) is 3.42. The molecule has 0 aromatic rings. The maximum atomic E-state index is 6.07. The molecule has 0 amide bonds. The van der Waals surface area contributed by atoms with Crippen molar-refractivity contribution in [1.29, 1.82) is 0 Å². The molecule has 1 saturated carbocycles. The SMILES string of the molecule is CCOCCOC1CC(C(C)(C)CC)CCC1NC. The van der Waals surface area contributed by atoms with Gasteiger partial charge in [0, 0.05) is 12.6 Å². The summed E-state index contributed by atoms with van der Waals surface area (Å²) in [5.74, 6) is 0.777. The second-order valence-electron chi connectivity index (χ2n) is 6.35. The highest BCUT2D eigenvalue weighted by molar-refractivity contribution is 4.90. The van der Waals surface area contributed by atoms with Crippen molar-refractivity contribution in [3.8, 4) is 0 Å². The molecule has 114 valence electrons. The quantitative estimate of drug-likeness (QED) is 0.688. The van der Waals surface area contributed by atoms with Gasteiger partial charge < -0.3 is 14.8 Å². The largest absolute Gasteiger partial charge is 0.379 e. The molecule has 0 aromatic heterocycles. The minimum absolute atomic E-state index is 0.343. The lowest BCUT2D eigenvalue weighted by molar-refractivity contribution is -0.0483. The van der Waals surface area contributed by atoms with E-state index in [0.717, 1.165) is 19.1 Å². The van der Waals surface area contributed by atoms with Gasteiger partial charge in [0.25, 0.3) is 0 Å². The molecule has 0 saturated heterocycles. The standard InChI is InChI=1S/C16H33NO2/c1-6-16(3,4)13-8-9-14(17-5)15(12-13)19-11-10-18-7-2/h13-15,17H,6-12H2,1-5H3. The number of hydrogen-bond donors (Lipinski definition) is 1. The van der Waals surface area contributed by atoms with Crippen LogP contribution in [0.5, 0.6) is 0 Å². The highest BCUT2D eigenvalue weighted by atomic mass is 16.5. The van der Waals surface area contributed by atoms with E-state index in [0.29, 0.717) is 24.2 Å². The molecule has 0 radical (unpaired) electrons. The van der Waals surface area contributed by atoms with Gasteiger partial charge in [0.05, 0.1) is 19.3 Å². The van der Waals surface area contributed by atoms with Gasteiger partial charge in [-0.25, -0.2) is 0 Å². The van der Waals surface area contributed by atoms with Gasteiger partial charge in [-0.1, -0.05) is 27.2 Å². The molecule has 3 unspecified atom stereocenters. The van der Waals surface area contributed by atoms with Crippen LogP contribution in [0.15, 0.2) is 0 Å². The van der Waals surface area contributed by atoms with Crippen molar-refractivity contribution in [3.63, 3.8) is 0 Å². The van der Waals surface area contributed by atoms with Gasteiger partial charge in [-0.15, -0.1) is 0 Å². The second-order valence-corrected chi connectivity index (χ2v) is 6.35. The van der Waals surface area contributed by atoms with Crippen LogP contribution in [0.2, 0.25) is 0 Å². The predicted molar refractivity (Wildman–Crippen MR) is 80.5 cm³/mol. The second kappa shape index (κ2) is 8.23. The molecular weight excluding hydrogens is 238 g/mol. The summed E-state index contributed by atoms with van der Waals surface area (Å²) in [5.41, 5.74) is 0.431. The summed E-state index contributed by atoms with van der Waals surface area (Å²) >= 11 is 0.